The van der Waals surface area contributed by atoms with Crippen molar-refractivity contribution in [2.75, 3.05) is 29.2 Å². The molecule has 1 heterocycles. The van der Waals surface area contributed by atoms with E-state index in [0.717, 1.165) is 34.8 Å². The molecule has 0 spiro atoms. The van der Waals surface area contributed by atoms with E-state index in [-0.39, 0.29) is 31.9 Å². The third-order valence-corrected chi connectivity index (χ3v) is 5.50. The fourth-order valence-corrected chi connectivity index (χ4v) is 3.83. The summed E-state index contributed by atoms with van der Waals surface area (Å²) >= 11 is 0. The molecule has 1 aliphatic rings. The Labute approximate surface area is 171 Å². The molecule has 0 aliphatic carbocycles. The van der Waals surface area contributed by atoms with Crippen LogP contribution in [0.1, 0.15) is 18.4 Å². The standard InChI is InChI=1S/C19H19F3N2O5S/c1-30(26,27)24(15-8-9-16-17(11-15)29-12-28-16)10-2-3-18(25)23-14-6-4-13(5-7-14)19(20,21)22/h4-9,11H,2-3,10,12H2,1H3,(H,23,25). The molecule has 0 unspecified atom stereocenters. The highest BCUT2D eigenvalue weighted by molar-refractivity contribution is 7.92. The zero-order valence-corrected chi connectivity index (χ0v) is 16.7. The van der Waals surface area contributed by atoms with Gasteiger partial charge in [-0.1, -0.05) is 0 Å². The van der Waals surface area contributed by atoms with Gasteiger partial charge in [0, 0.05) is 24.7 Å². The highest BCUT2D eigenvalue weighted by Crippen LogP contribution is 2.36. The first-order chi connectivity index (χ1) is 14.0. The molecular formula is C19H19F3N2O5S. The van der Waals surface area contributed by atoms with E-state index in [4.69, 9.17) is 9.47 Å². The van der Waals surface area contributed by atoms with Gasteiger partial charge < -0.3 is 14.8 Å². The molecule has 0 radical (unpaired) electrons. The van der Waals surface area contributed by atoms with Gasteiger partial charge in [0.2, 0.25) is 22.7 Å². The summed E-state index contributed by atoms with van der Waals surface area (Å²) in [6.45, 7) is 0.0979. The number of nitrogens with one attached hydrogen (secondary N) is 1. The van der Waals surface area contributed by atoms with Crippen LogP contribution in [-0.2, 0) is 21.0 Å². The van der Waals surface area contributed by atoms with Crippen LogP contribution in [0.25, 0.3) is 0 Å². The Hall–Kier alpha value is -2.95. The average molecular weight is 444 g/mol. The van der Waals surface area contributed by atoms with Gasteiger partial charge in [0.1, 0.15) is 0 Å². The van der Waals surface area contributed by atoms with Gasteiger partial charge in [0.05, 0.1) is 17.5 Å². The second-order valence-corrected chi connectivity index (χ2v) is 8.51. The van der Waals surface area contributed by atoms with Crippen molar-refractivity contribution in [1.82, 2.24) is 0 Å². The van der Waals surface area contributed by atoms with E-state index in [1.165, 1.54) is 0 Å². The molecule has 0 saturated carbocycles. The molecule has 162 valence electrons. The van der Waals surface area contributed by atoms with Crippen LogP contribution in [0, 0.1) is 0 Å². The monoisotopic (exact) mass is 444 g/mol. The van der Waals surface area contributed by atoms with Gasteiger partial charge in [0.25, 0.3) is 0 Å². The van der Waals surface area contributed by atoms with Crippen LogP contribution in [0.15, 0.2) is 42.5 Å². The molecule has 0 aromatic heterocycles. The van der Waals surface area contributed by atoms with E-state index in [1.807, 2.05) is 0 Å². The molecule has 3 rings (SSSR count). The fourth-order valence-electron chi connectivity index (χ4n) is 2.88. The zero-order chi connectivity index (χ0) is 21.9. The van der Waals surface area contributed by atoms with E-state index in [0.29, 0.717) is 17.2 Å². The minimum atomic E-state index is -4.45. The van der Waals surface area contributed by atoms with Gasteiger partial charge in [-0.25, -0.2) is 8.42 Å². The first-order valence-corrected chi connectivity index (χ1v) is 10.7. The number of sulfonamides is 1. The molecule has 30 heavy (non-hydrogen) atoms. The molecule has 0 fully saturated rings. The predicted molar refractivity (Wildman–Crippen MR) is 104 cm³/mol. The molecule has 1 N–H and O–H groups in total. The lowest BCUT2D eigenvalue weighted by Gasteiger charge is -2.22. The Bertz CT molecular complexity index is 1020. The summed E-state index contributed by atoms with van der Waals surface area (Å²) < 4.78 is 73.7. The number of halogens is 3. The van der Waals surface area contributed by atoms with Crippen molar-refractivity contribution in [2.24, 2.45) is 0 Å². The van der Waals surface area contributed by atoms with E-state index in [2.05, 4.69) is 5.32 Å². The van der Waals surface area contributed by atoms with E-state index in [1.54, 1.807) is 18.2 Å². The Balaban J connectivity index is 1.58. The molecule has 11 heteroatoms. The number of hydrogen-bond donors (Lipinski definition) is 1. The molecule has 0 bridgehead atoms. The molecule has 0 atom stereocenters. The maximum absolute atomic E-state index is 12.6. The van der Waals surface area contributed by atoms with Gasteiger partial charge >= 0.3 is 6.18 Å². The summed E-state index contributed by atoms with van der Waals surface area (Å²) in [5, 5.41) is 2.50. The van der Waals surface area contributed by atoms with Crippen molar-refractivity contribution < 1.29 is 35.9 Å². The zero-order valence-electron chi connectivity index (χ0n) is 15.9. The minimum absolute atomic E-state index is 0.0163. The fraction of sp³-hybridized carbons (Fsp3) is 0.316. The Morgan fingerprint density at radius 2 is 1.77 bits per heavy atom. The van der Waals surface area contributed by atoms with Crippen molar-refractivity contribution >= 4 is 27.3 Å². The molecule has 1 amide bonds. The Morgan fingerprint density at radius 1 is 1.10 bits per heavy atom. The topological polar surface area (TPSA) is 84.9 Å². The number of anilines is 2. The van der Waals surface area contributed by atoms with Gasteiger partial charge in [-0.2, -0.15) is 13.2 Å². The molecule has 0 saturated heterocycles. The van der Waals surface area contributed by atoms with Crippen LogP contribution in [0.3, 0.4) is 0 Å². The summed E-state index contributed by atoms with van der Waals surface area (Å²) in [6.07, 6.45) is -3.21. The number of carbonyl (C=O) groups excluding carboxylic acids is 1. The Kier molecular flexibility index (Phi) is 6.11. The van der Waals surface area contributed by atoms with Crippen LogP contribution >= 0.6 is 0 Å². The van der Waals surface area contributed by atoms with Crippen molar-refractivity contribution in [2.45, 2.75) is 19.0 Å². The number of ether oxygens (including phenoxy) is 2. The van der Waals surface area contributed by atoms with Crippen LogP contribution in [-0.4, -0.2) is 33.9 Å². The number of alkyl halides is 3. The third-order valence-electron chi connectivity index (χ3n) is 4.31. The largest absolute Gasteiger partial charge is 0.454 e. The SMILES string of the molecule is CS(=O)(=O)N(CCCC(=O)Nc1ccc(C(F)(F)F)cc1)c1ccc2c(c1)OCO2. The van der Waals surface area contributed by atoms with Crippen LogP contribution in [0.4, 0.5) is 24.5 Å². The van der Waals surface area contributed by atoms with Crippen molar-refractivity contribution in [1.29, 1.82) is 0 Å². The van der Waals surface area contributed by atoms with Gasteiger partial charge in [0.15, 0.2) is 11.5 Å². The van der Waals surface area contributed by atoms with Crippen molar-refractivity contribution in [3.8, 4) is 11.5 Å². The molecular weight excluding hydrogens is 425 g/mol. The summed E-state index contributed by atoms with van der Waals surface area (Å²) in [5.41, 5.74) is -0.207. The van der Waals surface area contributed by atoms with Crippen molar-refractivity contribution in [3.05, 3.63) is 48.0 Å². The number of hydrogen-bond acceptors (Lipinski definition) is 5. The number of carbonyl (C=O) groups is 1. The highest BCUT2D eigenvalue weighted by Gasteiger charge is 2.30. The lowest BCUT2D eigenvalue weighted by molar-refractivity contribution is -0.137. The number of nitrogens with zero attached hydrogens (tertiary/aromatic N) is 1. The van der Waals surface area contributed by atoms with Crippen LogP contribution in [0.5, 0.6) is 11.5 Å². The number of amides is 1. The van der Waals surface area contributed by atoms with E-state index < -0.39 is 27.7 Å². The van der Waals surface area contributed by atoms with Crippen molar-refractivity contribution in [3.63, 3.8) is 0 Å². The van der Waals surface area contributed by atoms with Gasteiger partial charge in [-0.15, -0.1) is 0 Å². The van der Waals surface area contributed by atoms with Gasteiger partial charge in [-0.3, -0.25) is 9.10 Å². The lowest BCUT2D eigenvalue weighted by Crippen LogP contribution is -2.31. The van der Waals surface area contributed by atoms with Crippen LogP contribution < -0.4 is 19.1 Å². The maximum Gasteiger partial charge on any atom is 0.416 e. The summed E-state index contributed by atoms with van der Waals surface area (Å²) in [7, 11) is -3.61. The smallest absolute Gasteiger partial charge is 0.416 e. The maximum atomic E-state index is 12.6. The Morgan fingerprint density at radius 3 is 2.40 bits per heavy atom. The molecule has 7 nitrogen and oxygen atoms in total. The quantitative estimate of drug-likeness (QED) is 0.705. The second kappa shape index (κ2) is 8.42. The first-order valence-electron chi connectivity index (χ1n) is 8.88. The summed E-state index contributed by atoms with van der Waals surface area (Å²) in [4.78, 5) is 12.1. The third kappa shape index (κ3) is 5.35. The van der Waals surface area contributed by atoms with Crippen LogP contribution in [0.2, 0.25) is 0 Å². The molecule has 2 aromatic rings. The second-order valence-electron chi connectivity index (χ2n) is 6.60. The van der Waals surface area contributed by atoms with E-state index >= 15 is 0 Å². The first kappa shape index (κ1) is 21.8. The van der Waals surface area contributed by atoms with Gasteiger partial charge in [-0.05, 0) is 42.8 Å². The minimum Gasteiger partial charge on any atom is -0.454 e. The summed E-state index contributed by atoms with van der Waals surface area (Å²) in [6, 6.07) is 8.81. The lowest BCUT2D eigenvalue weighted by atomic mass is 10.2. The number of rotatable bonds is 7. The highest BCUT2D eigenvalue weighted by atomic mass is 32.2. The normalized spacial score (nSPS) is 13.2. The molecule has 2 aromatic carbocycles. The summed E-state index contributed by atoms with van der Waals surface area (Å²) in [5.74, 6) is 0.512. The number of benzene rings is 2. The average Bonchev–Trinajstić information content (AvgIpc) is 3.11. The number of fused-ring (bicyclic) bond motifs is 1. The van der Waals surface area contributed by atoms with E-state index in [9.17, 15) is 26.4 Å². The molecule has 1 aliphatic heterocycles. The predicted octanol–water partition coefficient (Wildman–Crippen LogP) is 3.62.